The van der Waals surface area contributed by atoms with Gasteiger partial charge in [0.15, 0.2) is 0 Å². The van der Waals surface area contributed by atoms with Crippen LogP contribution >= 0.6 is 0 Å². The van der Waals surface area contributed by atoms with Crippen molar-refractivity contribution in [3.05, 3.63) is 58.8 Å². The summed E-state index contributed by atoms with van der Waals surface area (Å²) in [5.74, 6) is 1.34. The van der Waals surface area contributed by atoms with Crippen LogP contribution in [0.25, 0.3) is 0 Å². The van der Waals surface area contributed by atoms with Gasteiger partial charge in [-0.25, -0.2) is 9.78 Å². The van der Waals surface area contributed by atoms with Crippen molar-refractivity contribution in [2.24, 2.45) is 0 Å². The first kappa shape index (κ1) is 27.1. The highest BCUT2D eigenvalue weighted by molar-refractivity contribution is 5.78. The van der Waals surface area contributed by atoms with Crippen LogP contribution in [0.2, 0.25) is 0 Å². The van der Waals surface area contributed by atoms with Crippen molar-refractivity contribution in [1.29, 1.82) is 0 Å². The van der Waals surface area contributed by atoms with Crippen molar-refractivity contribution < 1.29 is 19.0 Å². The number of nitrogens with zero attached hydrogens (tertiary/aromatic N) is 2. The Balaban J connectivity index is 1.14. The number of rotatable bonds is 11. The molecule has 0 saturated carbocycles. The molecule has 1 N–H and O–H groups in total. The van der Waals surface area contributed by atoms with Crippen LogP contribution in [0.15, 0.2) is 36.4 Å². The van der Waals surface area contributed by atoms with Crippen molar-refractivity contribution in [1.82, 2.24) is 9.88 Å². The predicted octanol–water partition coefficient (Wildman–Crippen LogP) is 5.05. The molecule has 2 unspecified atom stereocenters. The van der Waals surface area contributed by atoms with E-state index in [0.29, 0.717) is 12.5 Å². The second-order valence-electron chi connectivity index (χ2n) is 10.7. The maximum Gasteiger partial charge on any atom is 0.328 e. The fourth-order valence-corrected chi connectivity index (χ4v) is 6.12. The molecule has 206 valence electrons. The van der Waals surface area contributed by atoms with Crippen molar-refractivity contribution in [3.63, 3.8) is 0 Å². The van der Waals surface area contributed by atoms with E-state index >= 15 is 0 Å². The summed E-state index contributed by atoms with van der Waals surface area (Å²) in [6, 6.07) is 12.5. The lowest BCUT2D eigenvalue weighted by Crippen LogP contribution is -2.35. The Morgan fingerprint density at radius 3 is 2.89 bits per heavy atom. The van der Waals surface area contributed by atoms with E-state index in [2.05, 4.69) is 40.5 Å². The lowest BCUT2D eigenvalue weighted by Gasteiger charge is -2.31. The van der Waals surface area contributed by atoms with Crippen molar-refractivity contribution in [2.45, 2.75) is 76.4 Å². The van der Waals surface area contributed by atoms with Crippen LogP contribution in [0.1, 0.15) is 79.8 Å². The summed E-state index contributed by atoms with van der Waals surface area (Å²) >= 11 is 0. The monoisotopic (exact) mass is 521 g/mol. The molecule has 0 bridgehead atoms. The first-order chi connectivity index (χ1) is 18.7. The maximum atomic E-state index is 13.3. The zero-order chi connectivity index (χ0) is 26.2. The zero-order valence-electron chi connectivity index (χ0n) is 22.8. The average Bonchev–Trinajstić information content (AvgIpc) is 3.42. The van der Waals surface area contributed by atoms with Crippen molar-refractivity contribution >= 4 is 11.8 Å². The molecule has 2 saturated heterocycles. The van der Waals surface area contributed by atoms with Crippen LogP contribution in [-0.4, -0.2) is 68.0 Å². The van der Waals surface area contributed by atoms with Crippen LogP contribution in [0.5, 0.6) is 0 Å². The van der Waals surface area contributed by atoms with Gasteiger partial charge in [0.1, 0.15) is 11.9 Å². The molecule has 7 heteroatoms. The Labute approximate surface area is 227 Å². The van der Waals surface area contributed by atoms with E-state index in [1.807, 2.05) is 13.0 Å². The van der Waals surface area contributed by atoms with Crippen LogP contribution in [0.4, 0.5) is 5.82 Å². The number of likely N-dealkylation sites (tertiary alicyclic amines) is 1. The molecule has 3 aliphatic rings. The molecule has 7 nitrogen and oxygen atoms in total. The van der Waals surface area contributed by atoms with Gasteiger partial charge in [-0.2, -0.15) is 0 Å². The minimum atomic E-state index is -0.383. The van der Waals surface area contributed by atoms with Gasteiger partial charge in [-0.05, 0) is 87.0 Å². The van der Waals surface area contributed by atoms with Gasteiger partial charge in [-0.3, -0.25) is 4.90 Å². The Morgan fingerprint density at radius 1 is 1.16 bits per heavy atom. The number of hydrogen-bond acceptors (Lipinski definition) is 7. The molecule has 0 amide bonds. The highest BCUT2D eigenvalue weighted by atomic mass is 16.5. The minimum Gasteiger partial charge on any atom is -0.465 e. The molecule has 38 heavy (non-hydrogen) atoms. The van der Waals surface area contributed by atoms with Crippen LogP contribution in [-0.2, 0) is 31.8 Å². The number of carbonyl (C=O) groups excluding carboxylic acids is 1. The van der Waals surface area contributed by atoms with Crippen LogP contribution in [0.3, 0.4) is 0 Å². The Kier molecular flexibility index (Phi) is 9.66. The van der Waals surface area contributed by atoms with Crippen molar-refractivity contribution in [3.8, 4) is 0 Å². The number of esters is 1. The third-order valence-corrected chi connectivity index (χ3v) is 8.14. The lowest BCUT2D eigenvalue weighted by molar-refractivity contribution is -0.149. The van der Waals surface area contributed by atoms with Gasteiger partial charge in [0.05, 0.1) is 12.7 Å². The van der Waals surface area contributed by atoms with E-state index < -0.39 is 0 Å². The smallest absolute Gasteiger partial charge is 0.328 e. The Bertz CT molecular complexity index is 1060. The number of aryl methyl sites for hydroxylation is 2. The third kappa shape index (κ3) is 6.74. The molecule has 0 aliphatic carbocycles. The quantitative estimate of drug-likeness (QED) is 0.328. The molecular weight excluding hydrogens is 478 g/mol. The Morgan fingerprint density at radius 2 is 2.03 bits per heavy atom. The third-order valence-electron chi connectivity index (χ3n) is 8.14. The fraction of sp³-hybridized carbons (Fsp3) is 0.613. The second-order valence-corrected chi connectivity index (χ2v) is 10.7. The van der Waals surface area contributed by atoms with Gasteiger partial charge in [0, 0.05) is 45.1 Å². The number of unbranched alkanes of at least 4 members (excludes halogenated alkanes) is 1. The normalized spacial score (nSPS) is 21.0. The average molecular weight is 522 g/mol. The summed E-state index contributed by atoms with van der Waals surface area (Å²) in [6.45, 7) is 7.18. The van der Waals surface area contributed by atoms with Gasteiger partial charge in [-0.1, -0.05) is 30.3 Å². The largest absolute Gasteiger partial charge is 0.465 e. The maximum absolute atomic E-state index is 13.3. The number of pyridine rings is 1. The predicted molar refractivity (Wildman–Crippen MR) is 149 cm³/mol. The summed E-state index contributed by atoms with van der Waals surface area (Å²) in [4.78, 5) is 20.3. The fourth-order valence-electron chi connectivity index (χ4n) is 6.12. The number of carbonyl (C=O) groups is 1. The molecule has 2 atom stereocenters. The number of ether oxygens (including phenoxy) is 3. The van der Waals surface area contributed by atoms with Gasteiger partial charge in [-0.15, -0.1) is 0 Å². The standard InChI is InChI=1S/C31H43N3O4/c1-2-37-31(35)29(28-11-4-3-10-27(28)23-15-20-36-21-16-23)34-18-14-26(22-34)38-19-6-5-9-25-13-12-24-8-7-17-32-30(24)33-25/h3-4,10-13,23,26,29H,2,5-9,14-22H2,1H3,(H,32,33). The number of nitrogens with one attached hydrogen (secondary N) is 1. The van der Waals surface area contributed by atoms with E-state index in [4.69, 9.17) is 19.2 Å². The van der Waals surface area contributed by atoms with E-state index in [0.717, 1.165) is 101 Å². The summed E-state index contributed by atoms with van der Waals surface area (Å²) in [7, 11) is 0. The zero-order valence-corrected chi connectivity index (χ0v) is 22.8. The summed E-state index contributed by atoms with van der Waals surface area (Å²) < 4.78 is 17.5. The molecule has 0 radical (unpaired) electrons. The topological polar surface area (TPSA) is 72.9 Å². The number of benzene rings is 1. The molecule has 2 aromatic rings. The van der Waals surface area contributed by atoms with Gasteiger partial charge in [0.25, 0.3) is 0 Å². The van der Waals surface area contributed by atoms with E-state index in [-0.39, 0.29) is 18.1 Å². The highest BCUT2D eigenvalue weighted by Crippen LogP contribution is 2.36. The molecule has 1 aromatic carbocycles. The molecule has 0 spiro atoms. The molecule has 5 rings (SSSR count). The van der Waals surface area contributed by atoms with E-state index in [9.17, 15) is 4.79 Å². The number of aromatic nitrogens is 1. The number of fused-ring (bicyclic) bond motifs is 1. The van der Waals surface area contributed by atoms with Crippen molar-refractivity contribution in [2.75, 3.05) is 51.4 Å². The van der Waals surface area contributed by atoms with Gasteiger partial charge < -0.3 is 19.5 Å². The molecule has 3 aliphatic heterocycles. The van der Waals surface area contributed by atoms with E-state index in [1.54, 1.807) is 0 Å². The SMILES string of the molecule is CCOC(=O)C(c1ccccc1C1CCOCC1)N1CCC(OCCCCc2ccc3c(n2)NCCC3)C1. The lowest BCUT2D eigenvalue weighted by atomic mass is 9.85. The minimum absolute atomic E-state index is 0.147. The second kappa shape index (κ2) is 13.5. The van der Waals surface area contributed by atoms with Gasteiger partial charge >= 0.3 is 5.97 Å². The first-order valence-electron chi connectivity index (χ1n) is 14.6. The molecule has 1 aromatic heterocycles. The number of hydrogen-bond donors (Lipinski definition) is 1. The highest BCUT2D eigenvalue weighted by Gasteiger charge is 2.37. The number of anilines is 1. The molecule has 2 fully saturated rings. The molecule has 4 heterocycles. The molecular formula is C31H43N3O4. The van der Waals surface area contributed by atoms with Crippen LogP contribution < -0.4 is 5.32 Å². The summed E-state index contributed by atoms with van der Waals surface area (Å²) in [5.41, 5.74) is 4.85. The first-order valence-corrected chi connectivity index (χ1v) is 14.6. The summed E-state index contributed by atoms with van der Waals surface area (Å²) in [6.07, 6.45) is 8.44. The van der Waals surface area contributed by atoms with Crippen LogP contribution in [0, 0.1) is 0 Å². The van der Waals surface area contributed by atoms with Gasteiger partial charge in [0.2, 0.25) is 0 Å². The summed E-state index contributed by atoms with van der Waals surface area (Å²) in [5, 5.41) is 3.43. The Hall–Kier alpha value is -2.48. The van der Waals surface area contributed by atoms with E-state index in [1.165, 1.54) is 17.5 Å².